The molecular weight excluding hydrogens is 244 g/mol. The molecule has 3 heteroatoms. The van der Waals surface area contributed by atoms with Crippen LogP contribution in [0.1, 0.15) is 29.8 Å². The SMILES string of the molecule is Cc1cc(O)c(C(=O)C(C)C)cc1Br. The van der Waals surface area contributed by atoms with Gasteiger partial charge in [-0.3, -0.25) is 4.79 Å². The summed E-state index contributed by atoms with van der Waals surface area (Å²) < 4.78 is 0.847. The largest absolute Gasteiger partial charge is 0.507 e. The van der Waals surface area contributed by atoms with Crippen molar-refractivity contribution in [2.45, 2.75) is 20.8 Å². The standard InChI is InChI=1S/C11H13BrO2/c1-6(2)11(14)8-5-9(12)7(3)4-10(8)13/h4-6,13H,1-3H3. The van der Waals surface area contributed by atoms with Gasteiger partial charge in [-0.05, 0) is 24.6 Å². The third-order valence-corrected chi connectivity index (χ3v) is 2.92. The van der Waals surface area contributed by atoms with E-state index in [2.05, 4.69) is 15.9 Å². The van der Waals surface area contributed by atoms with Gasteiger partial charge in [0.15, 0.2) is 5.78 Å². The predicted octanol–water partition coefficient (Wildman–Crippen LogP) is 3.30. The van der Waals surface area contributed by atoms with E-state index in [0.717, 1.165) is 10.0 Å². The highest BCUT2D eigenvalue weighted by molar-refractivity contribution is 9.10. The van der Waals surface area contributed by atoms with Crippen LogP contribution in [0.2, 0.25) is 0 Å². The molecule has 0 fully saturated rings. The second kappa shape index (κ2) is 4.13. The van der Waals surface area contributed by atoms with Crippen LogP contribution in [0.5, 0.6) is 5.75 Å². The van der Waals surface area contributed by atoms with Gasteiger partial charge < -0.3 is 5.11 Å². The lowest BCUT2D eigenvalue weighted by Crippen LogP contribution is -2.07. The zero-order chi connectivity index (χ0) is 10.9. The summed E-state index contributed by atoms with van der Waals surface area (Å²) in [5.41, 5.74) is 1.31. The molecular formula is C11H13BrO2. The minimum atomic E-state index is -0.101. The van der Waals surface area contributed by atoms with Crippen molar-refractivity contribution in [1.82, 2.24) is 0 Å². The molecule has 0 saturated carbocycles. The van der Waals surface area contributed by atoms with Crippen LogP contribution in [0, 0.1) is 12.8 Å². The number of ketones is 1. The average Bonchev–Trinajstić information content (AvgIpc) is 2.10. The minimum Gasteiger partial charge on any atom is -0.507 e. The van der Waals surface area contributed by atoms with Crippen molar-refractivity contribution in [2.24, 2.45) is 5.92 Å². The van der Waals surface area contributed by atoms with Gasteiger partial charge in [0, 0.05) is 10.4 Å². The Morgan fingerprint density at radius 1 is 1.43 bits per heavy atom. The van der Waals surface area contributed by atoms with Gasteiger partial charge in [-0.25, -0.2) is 0 Å². The van der Waals surface area contributed by atoms with Gasteiger partial charge in [0.2, 0.25) is 0 Å². The smallest absolute Gasteiger partial charge is 0.169 e. The Balaban J connectivity index is 3.22. The maximum Gasteiger partial charge on any atom is 0.169 e. The first-order chi connectivity index (χ1) is 6.43. The summed E-state index contributed by atoms with van der Waals surface area (Å²) in [7, 11) is 0. The molecule has 0 unspecified atom stereocenters. The first kappa shape index (κ1) is 11.2. The molecule has 0 radical (unpaired) electrons. The highest BCUT2D eigenvalue weighted by Crippen LogP contribution is 2.27. The Morgan fingerprint density at radius 3 is 2.50 bits per heavy atom. The van der Waals surface area contributed by atoms with Gasteiger partial charge in [0.05, 0.1) is 5.56 Å². The quantitative estimate of drug-likeness (QED) is 0.825. The van der Waals surface area contributed by atoms with Gasteiger partial charge in [-0.2, -0.15) is 0 Å². The van der Waals surface area contributed by atoms with E-state index in [1.165, 1.54) is 0 Å². The molecule has 0 amide bonds. The lowest BCUT2D eigenvalue weighted by molar-refractivity contribution is 0.0936. The van der Waals surface area contributed by atoms with E-state index < -0.39 is 0 Å². The topological polar surface area (TPSA) is 37.3 Å². The zero-order valence-electron chi connectivity index (χ0n) is 8.47. The number of hydrogen-bond donors (Lipinski definition) is 1. The molecule has 0 bridgehead atoms. The average molecular weight is 257 g/mol. The van der Waals surface area contributed by atoms with E-state index in [0.29, 0.717) is 5.56 Å². The molecule has 0 heterocycles. The Morgan fingerprint density at radius 2 is 2.00 bits per heavy atom. The molecule has 1 aromatic carbocycles. The van der Waals surface area contributed by atoms with Crippen molar-refractivity contribution in [3.63, 3.8) is 0 Å². The Kier molecular flexibility index (Phi) is 3.32. The summed E-state index contributed by atoms with van der Waals surface area (Å²) in [5.74, 6) is -0.0805. The fourth-order valence-corrected chi connectivity index (χ4v) is 1.52. The number of rotatable bonds is 2. The Bertz CT molecular complexity index is 370. The maximum atomic E-state index is 11.6. The van der Waals surface area contributed by atoms with Crippen molar-refractivity contribution >= 4 is 21.7 Å². The molecule has 0 atom stereocenters. The van der Waals surface area contributed by atoms with Crippen LogP contribution in [0.4, 0.5) is 0 Å². The normalized spacial score (nSPS) is 10.6. The number of aryl methyl sites for hydroxylation is 1. The lowest BCUT2D eigenvalue weighted by atomic mass is 9.99. The molecule has 1 N–H and O–H groups in total. The van der Waals surface area contributed by atoms with Crippen molar-refractivity contribution in [1.29, 1.82) is 0 Å². The summed E-state index contributed by atoms with van der Waals surface area (Å²) in [6, 6.07) is 3.27. The molecule has 0 aliphatic carbocycles. The van der Waals surface area contributed by atoms with Crippen molar-refractivity contribution < 1.29 is 9.90 Å². The van der Waals surface area contributed by atoms with Crippen molar-refractivity contribution in [2.75, 3.05) is 0 Å². The summed E-state index contributed by atoms with van der Waals surface area (Å²) in [6.07, 6.45) is 0. The predicted molar refractivity (Wildman–Crippen MR) is 59.7 cm³/mol. The van der Waals surface area contributed by atoms with Gasteiger partial charge in [-0.15, -0.1) is 0 Å². The van der Waals surface area contributed by atoms with Gasteiger partial charge in [0.25, 0.3) is 0 Å². The fourth-order valence-electron chi connectivity index (χ4n) is 1.17. The number of Topliss-reactive ketones (excluding diaryl/α,β-unsaturated/α-hetero) is 1. The Hall–Kier alpha value is -0.830. The minimum absolute atomic E-state index is 0.0387. The number of phenols is 1. The zero-order valence-corrected chi connectivity index (χ0v) is 10.1. The lowest BCUT2D eigenvalue weighted by Gasteiger charge is -2.08. The number of halogens is 1. The summed E-state index contributed by atoms with van der Waals surface area (Å²) in [5, 5.41) is 9.59. The van der Waals surface area contributed by atoms with Crippen LogP contribution in [0.3, 0.4) is 0 Å². The van der Waals surface area contributed by atoms with E-state index >= 15 is 0 Å². The van der Waals surface area contributed by atoms with Crippen LogP contribution in [0.25, 0.3) is 0 Å². The summed E-state index contributed by atoms with van der Waals surface area (Å²) >= 11 is 3.33. The summed E-state index contributed by atoms with van der Waals surface area (Å²) in [4.78, 5) is 11.6. The molecule has 0 spiro atoms. The third kappa shape index (κ3) is 2.15. The molecule has 1 rings (SSSR count). The second-order valence-corrected chi connectivity index (χ2v) is 4.49. The number of phenolic OH excluding ortho intramolecular Hbond substituents is 1. The van der Waals surface area contributed by atoms with E-state index in [9.17, 15) is 9.90 Å². The van der Waals surface area contributed by atoms with Gasteiger partial charge in [0.1, 0.15) is 5.75 Å². The molecule has 2 nitrogen and oxygen atoms in total. The molecule has 0 saturated heterocycles. The van der Waals surface area contributed by atoms with E-state index in [4.69, 9.17) is 0 Å². The molecule has 0 aliphatic heterocycles. The monoisotopic (exact) mass is 256 g/mol. The van der Waals surface area contributed by atoms with Gasteiger partial charge in [-0.1, -0.05) is 29.8 Å². The van der Waals surface area contributed by atoms with Crippen molar-refractivity contribution in [3.8, 4) is 5.75 Å². The van der Waals surface area contributed by atoms with Crippen LogP contribution < -0.4 is 0 Å². The second-order valence-electron chi connectivity index (χ2n) is 3.64. The van der Waals surface area contributed by atoms with Gasteiger partial charge >= 0.3 is 0 Å². The Labute approximate surface area is 92.1 Å². The molecule has 0 aliphatic rings. The van der Waals surface area contributed by atoms with E-state index in [1.54, 1.807) is 12.1 Å². The molecule has 76 valence electrons. The van der Waals surface area contributed by atoms with E-state index in [1.807, 2.05) is 20.8 Å². The number of carbonyl (C=O) groups is 1. The molecule has 1 aromatic rings. The molecule has 0 aromatic heterocycles. The van der Waals surface area contributed by atoms with E-state index in [-0.39, 0.29) is 17.5 Å². The molecule has 14 heavy (non-hydrogen) atoms. The number of aromatic hydroxyl groups is 1. The highest BCUT2D eigenvalue weighted by Gasteiger charge is 2.15. The third-order valence-electron chi connectivity index (χ3n) is 2.07. The number of benzene rings is 1. The van der Waals surface area contributed by atoms with Crippen molar-refractivity contribution in [3.05, 3.63) is 27.7 Å². The van der Waals surface area contributed by atoms with Crippen LogP contribution >= 0.6 is 15.9 Å². The first-order valence-electron chi connectivity index (χ1n) is 4.46. The van der Waals surface area contributed by atoms with Crippen LogP contribution in [-0.2, 0) is 0 Å². The first-order valence-corrected chi connectivity index (χ1v) is 5.26. The number of hydrogen-bond acceptors (Lipinski definition) is 2. The highest BCUT2D eigenvalue weighted by atomic mass is 79.9. The number of carbonyl (C=O) groups excluding carboxylic acids is 1. The fraction of sp³-hybridized carbons (Fsp3) is 0.364. The summed E-state index contributed by atoms with van der Waals surface area (Å²) in [6.45, 7) is 5.50. The maximum absolute atomic E-state index is 11.6. The van der Waals surface area contributed by atoms with Crippen LogP contribution in [0.15, 0.2) is 16.6 Å². The van der Waals surface area contributed by atoms with Crippen LogP contribution in [-0.4, -0.2) is 10.9 Å².